The molecule has 1 aliphatic heterocycles. The number of nitrogens with one attached hydrogen (secondary N) is 1. The second-order valence-electron chi connectivity index (χ2n) is 5.24. The predicted octanol–water partition coefficient (Wildman–Crippen LogP) is 0.722. The second kappa shape index (κ2) is 8.97. The number of carbonyl (C=O) groups excluding carboxylic acids is 1. The molecule has 1 amide bonds. The van der Waals surface area contributed by atoms with Crippen LogP contribution in [0.25, 0.3) is 0 Å². The lowest BCUT2D eigenvalue weighted by atomic mass is 10.3. The van der Waals surface area contributed by atoms with E-state index in [1.165, 1.54) is 6.33 Å². The largest absolute Gasteiger partial charge is 0.450 e. The fourth-order valence-electron chi connectivity index (χ4n) is 2.49. The molecule has 0 radical (unpaired) electrons. The van der Waals surface area contributed by atoms with Crippen molar-refractivity contribution >= 4 is 23.4 Å². The Morgan fingerprint density at radius 1 is 1.36 bits per heavy atom. The monoisotopic (exact) mass is 354 g/mol. The van der Waals surface area contributed by atoms with Crippen LogP contribution in [-0.4, -0.2) is 78.9 Å². The van der Waals surface area contributed by atoms with E-state index < -0.39 is 4.92 Å². The molecule has 0 spiro atoms. The first kappa shape index (κ1) is 18.6. The van der Waals surface area contributed by atoms with Crippen molar-refractivity contribution in [3.05, 3.63) is 16.4 Å². The summed E-state index contributed by atoms with van der Waals surface area (Å²) in [5.41, 5.74) is -0.178. The van der Waals surface area contributed by atoms with E-state index in [1.807, 2.05) is 0 Å². The third kappa shape index (κ3) is 4.66. The molecule has 1 saturated heterocycles. The summed E-state index contributed by atoms with van der Waals surface area (Å²) in [5, 5.41) is 14.4. The highest BCUT2D eigenvalue weighted by molar-refractivity contribution is 5.71. The summed E-state index contributed by atoms with van der Waals surface area (Å²) >= 11 is 0. The minimum absolute atomic E-state index is 0.153. The maximum Gasteiger partial charge on any atom is 0.409 e. The topological polar surface area (TPSA) is 123 Å². The Morgan fingerprint density at radius 3 is 2.68 bits per heavy atom. The van der Waals surface area contributed by atoms with Gasteiger partial charge >= 0.3 is 11.8 Å². The van der Waals surface area contributed by atoms with Crippen molar-refractivity contribution in [3.63, 3.8) is 0 Å². The van der Waals surface area contributed by atoms with Gasteiger partial charge in [0.15, 0.2) is 0 Å². The fourth-order valence-corrected chi connectivity index (χ4v) is 2.49. The van der Waals surface area contributed by atoms with Crippen LogP contribution in [-0.2, 0) is 9.47 Å². The molecule has 1 fully saturated rings. The van der Waals surface area contributed by atoms with Crippen molar-refractivity contribution in [1.82, 2.24) is 14.9 Å². The molecule has 0 saturated carbocycles. The Hall–Kier alpha value is -2.69. The lowest BCUT2D eigenvalue weighted by Crippen LogP contribution is -2.49. The third-order valence-electron chi connectivity index (χ3n) is 3.69. The van der Waals surface area contributed by atoms with Crippen LogP contribution in [0, 0.1) is 10.1 Å². The van der Waals surface area contributed by atoms with E-state index in [-0.39, 0.29) is 23.4 Å². The Morgan fingerprint density at radius 2 is 2.08 bits per heavy atom. The van der Waals surface area contributed by atoms with Gasteiger partial charge in [-0.25, -0.2) is 14.8 Å². The molecule has 0 unspecified atom stereocenters. The van der Waals surface area contributed by atoms with E-state index in [1.54, 1.807) is 23.8 Å². The fraction of sp³-hybridized carbons (Fsp3) is 0.643. The van der Waals surface area contributed by atoms with Gasteiger partial charge < -0.3 is 24.6 Å². The Labute approximate surface area is 145 Å². The summed E-state index contributed by atoms with van der Waals surface area (Å²) in [6.07, 6.45) is 0.913. The third-order valence-corrected chi connectivity index (χ3v) is 3.69. The van der Waals surface area contributed by atoms with Gasteiger partial charge in [0, 0.05) is 39.8 Å². The zero-order valence-corrected chi connectivity index (χ0v) is 14.3. The zero-order valence-electron chi connectivity index (χ0n) is 14.3. The number of nitrogens with zero attached hydrogens (tertiary/aromatic N) is 5. The summed E-state index contributed by atoms with van der Waals surface area (Å²) in [6, 6.07) is 0. The maximum absolute atomic E-state index is 11.7. The van der Waals surface area contributed by atoms with E-state index in [9.17, 15) is 14.9 Å². The first-order chi connectivity index (χ1) is 12.1. The summed E-state index contributed by atoms with van der Waals surface area (Å²) < 4.78 is 9.90. The predicted molar refractivity (Wildman–Crippen MR) is 89.9 cm³/mol. The molecule has 1 aromatic rings. The molecule has 0 aliphatic carbocycles. The van der Waals surface area contributed by atoms with E-state index in [0.29, 0.717) is 45.9 Å². The number of aromatic nitrogens is 2. The number of hydrogen-bond donors (Lipinski definition) is 1. The van der Waals surface area contributed by atoms with Gasteiger partial charge in [-0.2, -0.15) is 0 Å². The Kier molecular flexibility index (Phi) is 6.69. The Bertz CT molecular complexity index is 605. The average molecular weight is 354 g/mol. The molecule has 0 bridgehead atoms. The molecule has 2 rings (SSSR count). The van der Waals surface area contributed by atoms with Gasteiger partial charge in [0.2, 0.25) is 11.6 Å². The number of carbonyl (C=O) groups is 1. The van der Waals surface area contributed by atoms with Gasteiger partial charge in [-0.1, -0.05) is 0 Å². The highest BCUT2D eigenvalue weighted by Crippen LogP contribution is 2.32. The second-order valence-corrected chi connectivity index (χ2v) is 5.24. The van der Waals surface area contributed by atoms with E-state index in [0.717, 1.165) is 0 Å². The van der Waals surface area contributed by atoms with Crippen LogP contribution < -0.4 is 10.2 Å². The number of anilines is 2. The summed E-state index contributed by atoms with van der Waals surface area (Å²) in [7, 11) is 1.55. The normalized spacial score (nSPS) is 14.3. The van der Waals surface area contributed by atoms with Crippen molar-refractivity contribution in [3.8, 4) is 0 Å². The van der Waals surface area contributed by atoms with Gasteiger partial charge in [0.25, 0.3) is 0 Å². The number of hydrogen-bond acceptors (Lipinski definition) is 9. The highest BCUT2D eigenvalue weighted by Gasteiger charge is 2.30. The first-order valence-corrected chi connectivity index (χ1v) is 7.97. The van der Waals surface area contributed by atoms with Crippen molar-refractivity contribution in [1.29, 1.82) is 0 Å². The minimum atomic E-state index is -0.498. The Balaban J connectivity index is 2.12. The van der Waals surface area contributed by atoms with Crippen molar-refractivity contribution in [2.24, 2.45) is 0 Å². The van der Waals surface area contributed by atoms with Crippen molar-refractivity contribution in [2.45, 2.75) is 6.92 Å². The lowest BCUT2D eigenvalue weighted by Gasteiger charge is -2.34. The average Bonchev–Trinajstić information content (AvgIpc) is 2.62. The van der Waals surface area contributed by atoms with Crippen LogP contribution >= 0.6 is 0 Å². The molecular formula is C14H22N6O5. The van der Waals surface area contributed by atoms with Crippen LogP contribution in [0.5, 0.6) is 0 Å². The molecule has 0 atom stereocenters. The SMILES string of the molecule is CCOC(=O)N1CCN(c2ncnc(NCCOC)c2[N+](=O)[O-])CC1. The molecule has 1 aromatic heterocycles. The number of methoxy groups -OCH3 is 1. The number of amides is 1. The van der Waals surface area contributed by atoms with E-state index in [2.05, 4.69) is 15.3 Å². The first-order valence-electron chi connectivity index (χ1n) is 7.97. The quantitative estimate of drug-likeness (QED) is 0.428. The van der Waals surface area contributed by atoms with Gasteiger partial charge in [-0.3, -0.25) is 10.1 Å². The molecule has 0 aromatic carbocycles. The molecule has 25 heavy (non-hydrogen) atoms. The molecule has 11 nitrogen and oxygen atoms in total. The summed E-state index contributed by atoms with van der Waals surface area (Å²) in [5.74, 6) is 0.392. The summed E-state index contributed by atoms with van der Waals surface area (Å²) in [6.45, 7) is 4.52. The van der Waals surface area contributed by atoms with E-state index in [4.69, 9.17) is 9.47 Å². The smallest absolute Gasteiger partial charge is 0.409 e. The number of ether oxygens (including phenoxy) is 2. The molecule has 1 aliphatic rings. The molecule has 138 valence electrons. The summed E-state index contributed by atoms with van der Waals surface area (Å²) in [4.78, 5) is 34.2. The van der Waals surface area contributed by atoms with Gasteiger partial charge in [-0.05, 0) is 6.92 Å². The van der Waals surface area contributed by atoms with Crippen LogP contribution in [0.2, 0.25) is 0 Å². The lowest BCUT2D eigenvalue weighted by molar-refractivity contribution is -0.383. The van der Waals surface area contributed by atoms with Gasteiger partial charge in [0.1, 0.15) is 6.33 Å². The molecule has 2 heterocycles. The minimum Gasteiger partial charge on any atom is -0.450 e. The molecule has 11 heteroatoms. The van der Waals surface area contributed by atoms with Crippen LogP contribution in [0.1, 0.15) is 6.92 Å². The molecule has 1 N–H and O–H groups in total. The van der Waals surface area contributed by atoms with Crippen molar-refractivity contribution < 1.29 is 19.2 Å². The molecular weight excluding hydrogens is 332 g/mol. The number of piperazine rings is 1. The van der Waals surface area contributed by atoms with Crippen LogP contribution in [0.4, 0.5) is 22.1 Å². The maximum atomic E-state index is 11.7. The highest BCUT2D eigenvalue weighted by atomic mass is 16.6. The zero-order chi connectivity index (χ0) is 18.2. The van der Waals surface area contributed by atoms with Gasteiger partial charge in [0.05, 0.1) is 18.1 Å². The number of rotatable bonds is 7. The van der Waals surface area contributed by atoms with Crippen LogP contribution in [0.15, 0.2) is 6.33 Å². The van der Waals surface area contributed by atoms with E-state index >= 15 is 0 Å². The standard InChI is InChI=1S/C14H22N6O5/c1-3-25-14(21)19-7-5-18(6-8-19)13-11(20(22)23)12(16-10-17-13)15-4-9-24-2/h10H,3-9H2,1-2H3,(H,15,16,17). The number of nitro groups is 1. The van der Waals surface area contributed by atoms with Crippen molar-refractivity contribution in [2.75, 3.05) is 63.3 Å². The van der Waals surface area contributed by atoms with Gasteiger partial charge in [-0.15, -0.1) is 0 Å². The van der Waals surface area contributed by atoms with Crippen LogP contribution in [0.3, 0.4) is 0 Å².